The Morgan fingerprint density at radius 3 is 2.72 bits per heavy atom. The third-order valence-electron chi connectivity index (χ3n) is 4.90. The second-order valence-corrected chi connectivity index (χ2v) is 5.94. The Balaban J connectivity index is 2.08. The van der Waals surface area contributed by atoms with Crippen LogP contribution in [0.2, 0.25) is 0 Å². The van der Waals surface area contributed by atoms with Gasteiger partial charge in [-0.15, -0.1) is 0 Å². The van der Waals surface area contributed by atoms with Gasteiger partial charge < -0.3 is 14.6 Å². The summed E-state index contributed by atoms with van der Waals surface area (Å²) in [5.41, 5.74) is 0.708. The first-order chi connectivity index (χ1) is 8.48. The fraction of sp³-hybridized carbons (Fsp3) is 0.786. The van der Waals surface area contributed by atoms with Gasteiger partial charge in [-0.1, -0.05) is 19.4 Å². The molecule has 3 rings (SSSR count). The minimum atomic E-state index is -0.922. The molecule has 2 fully saturated rings. The van der Waals surface area contributed by atoms with Crippen LogP contribution < -0.4 is 0 Å². The van der Waals surface area contributed by atoms with Crippen LogP contribution in [0.3, 0.4) is 0 Å². The molecule has 0 aromatic heterocycles. The van der Waals surface area contributed by atoms with Crippen molar-refractivity contribution in [2.45, 2.75) is 45.0 Å². The largest absolute Gasteiger partial charge is 0.385 e. The van der Waals surface area contributed by atoms with Crippen molar-refractivity contribution in [3.63, 3.8) is 0 Å². The average Bonchev–Trinajstić information content (AvgIpc) is 2.79. The molecule has 2 aliphatic carbocycles. The molecule has 4 nitrogen and oxygen atoms in total. The minimum absolute atomic E-state index is 0.177. The Morgan fingerprint density at radius 1 is 1.39 bits per heavy atom. The maximum absolute atomic E-state index is 11.7. The molecule has 0 bridgehead atoms. The maximum atomic E-state index is 11.7. The summed E-state index contributed by atoms with van der Waals surface area (Å²) in [6.07, 6.45) is 2.91. The van der Waals surface area contributed by atoms with E-state index in [0.717, 1.165) is 18.4 Å². The van der Waals surface area contributed by atoms with Gasteiger partial charge in [0.15, 0.2) is 11.6 Å². The van der Waals surface area contributed by atoms with E-state index in [4.69, 9.17) is 9.47 Å². The number of fused-ring (bicyclic) bond motifs is 2. The molecule has 0 aromatic rings. The molecule has 18 heavy (non-hydrogen) atoms. The first kappa shape index (κ1) is 12.3. The molecule has 3 aliphatic rings. The van der Waals surface area contributed by atoms with Crippen molar-refractivity contribution in [1.29, 1.82) is 0 Å². The molecular formula is C14H20O4. The van der Waals surface area contributed by atoms with E-state index in [9.17, 15) is 9.90 Å². The highest BCUT2D eigenvalue weighted by atomic mass is 16.7. The SMILES string of the molecule is C[C@H]1CCC2(OCCO2)[C@@]2(C)C[C@@H](O)C(=O)C=C12. The molecule has 1 spiro atoms. The van der Waals surface area contributed by atoms with Crippen LogP contribution in [0.4, 0.5) is 0 Å². The molecule has 3 atom stereocenters. The number of aliphatic hydroxyl groups excluding tert-OH is 1. The summed E-state index contributed by atoms with van der Waals surface area (Å²) >= 11 is 0. The zero-order valence-corrected chi connectivity index (χ0v) is 10.9. The Morgan fingerprint density at radius 2 is 2.06 bits per heavy atom. The van der Waals surface area contributed by atoms with Crippen LogP contribution in [0.5, 0.6) is 0 Å². The Labute approximate surface area is 107 Å². The van der Waals surface area contributed by atoms with Gasteiger partial charge in [0.2, 0.25) is 0 Å². The Kier molecular flexibility index (Phi) is 2.66. The highest BCUT2D eigenvalue weighted by Gasteiger charge is 2.60. The molecule has 1 N–H and O–H groups in total. The van der Waals surface area contributed by atoms with Crippen molar-refractivity contribution >= 4 is 5.78 Å². The average molecular weight is 252 g/mol. The molecule has 0 radical (unpaired) electrons. The van der Waals surface area contributed by atoms with Crippen molar-refractivity contribution < 1.29 is 19.4 Å². The molecule has 1 aliphatic heterocycles. The van der Waals surface area contributed by atoms with E-state index in [0.29, 0.717) is 25.6 Å². The van der Waals surface area contributed by atoms with Crippen LogP contribution in [0.1, 0.15) is 33.1 Å². The molecule has 1 heterocycles. The molecule has 100 valence electrons. The molecule has 0 unspecified atom stereocenters. The summed E-state index contributed by atoms with van der Waals surface area (Å²) in [5, 5.41) is 9.91. The summed E-state index contributed by atoms with van der Waals surface area (Å²) in [5.74, 6) is -0.457. The van der Waals surface area contributed by atoms with E-state index in [1.54, 1.807) is 6.08 Å². The molecule has 1 saturated heterocycles. The summed E-state index contributed by atoms with van der Waals surface area (Å²) in [4.78, 5) is 11.7. The fourth-order valence-corrected chi connectivity index (χ4v) is 3.83. The second kappa shape index (κ2) is 3.89. The lowest BCUT2D eigenvalue weighted by atomic mass is 9.58. The normalized spacial score (nSPS) is 42.8. The molecule has 0 amide bonds. The minimum Gasteiger partial charge on any atom is -0.385 e. The molecule has 4 heteroatoms. The van der Waals surface area contributed by atoms with Crippen molar-refractivity contribution in [2.24, 2.45) is 11.3 Å². The summed E-state index contributed by atoms with van der Waals surface area (Å²) in [6, 6.07) is 0. The second-order valence-electron chi connectivity index (χ2n) is 5.94. The van der Waals surface area contributed by atoms with Gasteiger partial charge >= 0.3 is 0 Å². The maximum Gasteiger partial charge on any atom is 0.184 e. The van der Waals surface area contributed by atoms with Gasteiger partial charge in [-0.3, -0.25) is 4.79 Å². The van der Waals surface area contributed by atoms with Gasteiger partial charge in [0, 0.05) is 11.8 Å². The zero-order chi connectivity index (χ0) is 13.0. The highest BCUT2D eigenvalue weighted by Crippen LogP contribution is 2.57. The number of hydrogen-bond acceptors (Lipinski definition) is 4. The van der Waals surface area contributed by atoms with E-state index >= 15 is 0 Å². The van der Waals surface area contributed by atoms with Gasteiger partial charge in [-0.2, -0.15) is 0 Å². The lowest BCUT2D eigenvalue weighted by molar-refractivity contribution is -0.245. The lowest BCUT2D eigenvalue weighted by Crippen LogP contribution is -2.56. The number of carbonyl (C=O) groups excluding carboxylic acids is 1. The summed E-state index contributed by atoms with van der Waals surface area (Å²) in [7, 11) is 0. The predicted octanol–water partition coefficient (Wildman–Crippen LogP) is 1.43. The zero-order valence-electron chi connectivity index (χ0n) is 10.9. The third kappa shape index (κ3) is 1.46. The van der Waals surface area contributed by atoms with Gasteiger partial charge in [-0.05, 0) is 24.8 Å². The first-order valence-electron chi connectivity index (χ1n) is 6.70. The van der Waals surface area contributed by atoms with E-state index in [1.165, 1.54) is 0 Å². The van der Waals surface area contributed by atoms with Crippen LogP contribution in [0.15, 0.2) is 11.6 Å². The van der Waals surface area contributed by atoms with E-state index in [-0.39, 0.29) is 11.2 Å². The topological polar surface area (TPSA) is 55.8 Å². The van der Waals surface area contributed by atoms with Crippen molar-refractivity contribution in [2.75, 3.05) is 13.2 Å². The molecule has 0 aromatic carbocycles. The van der Waals surface area contributed by atoms with Crippen LogP contribution in [-0.2, 0) is 14.3 Å². The number of ether oxygens (including phenoxy) is 2. The van der Waals surface area contributed by atoms with Crippen LogP contribution in [0.25, 0.3) is 0 Å². The number of hydrogen-bond donors (Lipinski definition) is 1. The fourth-order valence-electron chi connectivity index (χ4n) is 3.83. The first-order valence-corrected chi connectivity index (χ1v) is 6.70. The van der Waals surface area contributed by atoms with Crippen molar-refractivity contribution in [3.05, 3.63) is 11.6 Å². The predicted molar refractivity (Wildman–Crippen MR) is 64.9 cm³/mol. The highest BCUT2D eigenvalue weighted by molar-refractivity contribution is 5.95. The van der Waals surface area contributed by atoms with E-state index in [1.807, 2.05) is 0 Å². The standard InChI is InChI=1S/C14H20O4/c1-9-3-4-14(17-5-6-18-14)13(2)8-12(16)11(15)7-10(9)13/h7,9,12,16H,3-6,8H2,1-2H3/t9-,12+,13-/m0/s1. The number of ketones is 1. The number of carbonyl (C=O) groups is 1. The van der Waals surface area contributed by atoms with Crippen molar-refractivity contribution in [3.8, 4) is 0 Å². The monoisotopic (exact) mass is 252 g/mol. The smallest absolute Gasteiger partial charge is 0.184 e. The summed E-state index contributed by atoms with van der Waals surface area (Å²) < 4.78 is 11.8. The molecular weight excluding hydrogens is 232 g/mol. The lowest BCUT2D eigenvalue weighted by Gasteiger charge is -2.53. The van der Waals surface area contributed by atoms with Gasteiger partial charge in [-0.25, -0.2) is 0 Å². The van der Waals surface area contributed by atoms with E-state index in [2.05, 4.69) is 13.8 Å². The summed E-state index contributed by atoms with van der Waals surface area (Å²) in [6.45, 7) is 5.40. The quantitative estimate of drug-likeness (QED) is 0.708. The van der Waals surface area contributed by atoms with Gasteiger partial charge in [0.1, 0.15) is 6.10 Å². The Bertz CT molecular complexity index is 408. The van der Waals surface area contributed by atoms with Crippen molar-refractivity contribution in [1.82, 2.24) is 0 Å². The third-order valence-corrected chi connectivity index (χ3v) is 4.90. The van der Waals surface area contributed by atoms with Gasteiger partial charge in [0.05, 0.1) is 13.2 Å². The van der Waals surface area contributed by atoms with Crippen LogP contribution >= 0.6 is 0 Å². The number of aliphatic hydroxyl groups is 1. The number of rotatable bonds is 0. The Hall–Kier alpha value is -0.710. The van der Waals surface area contributed by atoms with Crippen LogP contribution in [-0.4, -0.2) is 36.0 Å². The van der Waals surface area contributed by atoms with Gasteiger partial charge in [0.25, 0.3) is 0 Å². The van der Waals surface area contributed by atoms with Crippen LogP contribution in [0, 0.1) is 11.3 Å². The molecule has 1 saturated carbocycles. The van der Waals surface area contributed by atoms with E-state index < -0.39 is 11.9 Å².